The molecule has 1 atom stereocenters. The van der Waals surface area contributed by atoms with Gasteiger partial charge in [0.05, 0.1) is 6.10 Å². The van der Waals surface area contributed by atoms with Gasteiger partial charge in [0.25, 0.3) is 0 Å². The highest BCUT2D eigenvalue weighted by molar-refractivity contribution is 9.09. The van der Waals surface area contributed by atoms with Crippen molar-refractivity contribution in [2.45, 2.75) is 69.7 Å². The molecule has 20 heavy (non-hydrogen) atoms. The topological polar surface area (TPSA) is 9.23 Å². The third-order valence-corrected chi connectivity index (χ3v) is 5.15. The van der Waals surface area contributed by atoms with Crippen molar-refractivity contribution in [1.29, 1.82) is 0 Å². The van der Waals surface area contributed by atoms with Crippen LogP contribution in [0.3, 0.4) is 0 Å². The van der Waals surface area contributed by atoms with Gasteiger partial charge in [0, 0.05) is 4.83 Å². The van der Waals surface area contributed by atoms with Crippen LogP contribution in [0.25, 0.3) is 0 Å². The molecular formula is C18H27BrO. The van der Waals surface area contributed by atoms with Gasteiger partial charge in [0.15, 0.2) is 0 Å². The Balaban J connectivity index is 1.80. The van der Waals surface area contributed by atoms with Crippen molar-refractivity contribution < 1.29 is 4.74 Å². The first-order valence-corrected chi connectivity index (χ1v) is 8.97. The molecule has 1 nitrogen and oxygen atoms in total. The summed E-state index contributed by atoms with van der Waals surface area (Å²) in [6.45, 7) is 4.12. The molecule has 2 heteroatoms. The van der Waals surface area contributed by atoms with E-state index in [-0.39, 0.29) is 6.10 Å². The molecule has 0 saturated heterocycles. The molecule has 1 saturated carbocycles. The van der Waals surface area contributed by atoms with Crippen LogP contribution in [0.15, 0.2) is 24.3 Å². The Morgan fingerprint density at radius 1 is 1.10 bits per heavy atom. The number of hydrogen-bond donors (Lipinski definition) is 0. The molecule has 0 aliphatic heterocycles. The highest BCUT2D eigenvalue weighted by Crippen LogP contribution is 2.34. The van der Waals surface area contributed by atoms with E-state index in [0.717, 1.165) is 11.7 Å². The molecular weight excluding hydrogens is 312 g/mol. The van der Waals surface area contributed by atoms with Gasteiger partial charge in [-0.3, -0.25) is 0 Å². The van der Waals surface area contributed by atoms with Gasteiger partial charge in [0.2, 0.25) is 0 Å². The maximum atomic E-state index is 5.69. The van der Waals surface area contributed by atoms with Crippen LogP contribution in [-0.2, 0) is 0 Å². The summed E-state index contributed by atoms with van der Waals surface area (Å²) in [7, 11) is 0. The van der Waals surface area contributed by atoms with Crippen LogP contribution in [-0.4, -0.2) is 6.10 Å². The lowest BCUT2D eigenvalue weighted by Gasteiger charge is -2.22. The van der Waals surface area contributed by atoms with Crippen molar-refractivity contribution in [3.05, 3.63) is 29.8 Å². The summed E-state index contributed by atoms with van der Waals surface area (Å²) in [5.74, 6) is 1.93. The van der Waals surface area contributed by atoms with Crippen LogP contribution in [0.1, 0.15) is 69.2 Å². The molecule has 0 amide bonds. The van der Waals surface area contributed by atoms with Gasteiger partial charge >= 0.3 is 0 Å². The minimum absolute atomic E-state index is 0.243. The second-order valence-corrected chi connectivity index (χ2v) is 7.39. The SMILES string of the molecule is CC(C)Oc1ccc(C(Br)CCC2CCCCC2)cc1. The van der Waals surface area contributed by atoms with E-state index in [1.165, 1.54) is 50.5 Å². The van der Waals surface area contributed by atoms with Crippen LogP contribution in [0.5, 0.6) is 5.75 Å². The van der Waals surface area contributed by atoms with Crippen molar-refractivity contribution in [2.24, 2.45) is 5.92 Å². The molecule has 1 aromatic carbocycles. The summed E-state index contributed by atoms with van der Waals surface area (Å²) in [5.41, 5.74) is 1.37. The monoisotopic (exact) mass is 338 g/mol. The van der Waals surface area contributed by atoms with Gasteiger partial charge in [0.1, 0.15) is 5.75 Å². The molecule has 0 bridgehead atoms. The average Bonchev–Trinajstić information content (AvgIpc) is 2.46. The Kier molecular flexibility index (Phi) is 6.41. The maximum absolute atomic E-state index is 5.69. The average molecular weight is 339 g/mol. The van der Waals surface area contributed by atoms with Crippen LogP contribution in [0.4, 0.5) is 0 Å². The quantitative estimate of drug-likeness (QED) is 0.555. The van der Waals surface area contributed by atoms with Gasteiger partial charge in [-0.15, -0.1) is 0 Å². The highest BCUT2D eigenvalue weighted by atomic mass is 79.9. The fourth-order valence-electron chi connectivity index (χ4n) is 3.05. The van der Waals surface area contributed by atoms with E-state index >= 15 is 0 Å². The molecule has 1 aromatic rings. The molecule has 2 rings (SSSR count). The molecule has 0 N–H and O–H groups in total. The summed E-state index contributed by atoms with van der Waals surface area (Å²) >= 11 is 3.85. The van der Waals surface area contributed by atoms with E-state index in [1.807, 2.05) is 0 Å². The maximum Gasteiger partial charge on any atom is 0.119 e. The molecule has 1 aliphatic carbocycles. The van der Waals surface area contributed by atoms with Crippen molar-refractivity contribution >= 4 is 15.9 Å². The summed E-state index contributed by atoms with van der Waals surface area (Å²) in [6, 6.07) is 8.56. The van der Waals surface area contributed by atoms with Crippen molar-refractivity contribution in [1.82, 2.24) is 0 Å². The van der Waals surface area contributed by atoms with E-state index in [0.29, 0.717) is 4.83 Å². The van der Waals surface area contributed by atoms with E-state index < -0.39 is 0 Å². The van der Waals surface area contributed by atoms with Crippen molar-refractivity contribution in [3.8, 4) is 5.75 Å². The smallest absolute Gasteiger partial charge is 0.119 e. The van der Waals surface area contributed by atoms with Gasteiger partial charge in [-0.1, -0.05) is 60.2 Å². The number of hydrogen-bond acceptors (Lipinski definition) is 1. The zero-order chi connectivity index (χ0) is 14.4. The number of ether oxygens (including phenoxy) is 1. The van der Waals surface area contributed by atoms with Crippen LogP contribution >= 0.6 is 15.9 Å². The second kappa shape index (κ2) is 8.07. The van der Waals surface area contributed by atoms with Gasteiger partial charge in [-0.25, -0.2) is 0 Å². The Bertz CT molecular complexity index is 379. The molecule has 112 valence electrons. The normalized spacial score (nSPS) is 18.2. The second-order valence-electron chi connectivity index (χ2n) is 6.28. The first kappa shape index (κ1) is 15.9. The first-order valence-electron chi connectivity index (χ1n) is 8.06. The Hall–Kier alpha value is -0.500. The van der Waals surface area contributed by atoms with Gasteiger partial charge in [-0.05, 0) is 50.3 Å². The molecule has 1 unspecified atom stereocenters. The van der Waals surface area contributed by atoms with Crippen molar-refractivity contribution in [2.75, 3.05) is 0 Å². The lowest BCUT2D eigenvalue weighted by Crippen LogP contribution is -2.07. The fourth-order valence-corrected chi connectivity index (χ4v) is 3.62. The van der Waals surface area contributed by atoms with Gasteiger partial charge < -0.3 is 4.74 Å². The van der Waals surface area contributed by atoms with Crippen LogP contribution in [0.2, 0.25) is 0 Å². The minimum atomic E-state index is 0.243. The van der Waals surface area contributed by atoms with E-state index in [9.17, 15) is 0 Å². The summed E-state index contributed by atoms with van der Waals surface area (Å²) in [6.07, 6.45) is 10.1. The van der Waals surface area contributed by atoms with Crippen LogP contribution < -0.4 is 4.74 Å². The molecule has 0 radical (unpaired) electrons. The minimum Gasteiger partial charge on any atom is -0.491 e. The van der Waals surface area contributed by atoms with Gasteiger partial charge in [-0.2, -0.15) is 0 Å². The van der Waals surface area contributed by atoms with E-state index in [4.69, 9.17) is 4.74 Å². The van der Waals surface area contributed by atoms with E-state index in [1.54, 1.807) is 0 Å². The number of rotatable bonds is 6. The summed E-state index contributed by atoms with van der Waals surface area (Å²) in [4.78, 5) is 0.484. The van der Waals surface area contributed by atoms with Crippen LogP contribution in [0, 0.1) is 5.92 Å². The standard InChI is InChI=1S/C18H27BrO/c1-14(2)20-17-11-9-16(10-12-17)18(19)13-8-15-6-4-3-5-7-15/h9-12,14-15,18H,3-8,13H2,1-2H3. The fraction of sp³-hybridized carbons (Fsp3) is 0.667. The lowest BCUT2D eigenvalue weighted by molar-refractivity contribution is 0.242. The lowest BCUT2D eigenvalue weighted by atomic mass is 9.85. The number of halogens is 1. The molecule has 1 fully saturated rings. The van der Waals surface area contributed by atoms with E-state index in [2.05, 4.69) is 54.0 Å². The zero-order valence-electron chi connectivity index (χ0n) is 12.8. The predicted octanol–water partition coefficient (Wildman–Crippen LogP) is 6.27. The third-order valence-electron chi connectivity index (χ3n) is 4.17. The molecule has 0 aromatic heterocycles. The first-order chi connectivity index (χ1) is 9.65. The molecule has 0 heterocycles. The van der Waals surface area contributed by atoms with Crippen molar-refractivity contribution in [3.63, 3.8) is 0 Å². The Morgan fingerprint density at radius 3 is 2.35 bits per heavy atom. The third kappa shape index (κ3) is 5.12. The number of alkyl halides is 1. The largest absolute Gasteiger partial charge is 0.491 e. The summed E-state index contributed by atoms with van der Waals surface area (Å²) in [5, 5.41) is 0. The zero-order valence-corrected chi connectivity index (χ0v) is 14.4. The molecule has 0 spiro atoms. The Labute approximate surface area is 132 Å². The number of benzene rings is 1. The predicted molar refractivity (Wildman–Crippen MR) is 89.7 cm³/mol. The summed E-state index contributed by atoms with van der Waals surface area (Å²) < 4.78 is 5.69. The molecule has 1 aliphatic rings. The highest BCUT2D eigenvalue weighted by Gasteiger charge is 2.16. The Morgan fingerprint density at radius 2 is 1.75 bits per heavy atom.